The summed E-state index contributed by atoms with van der Waals surface area (Å²) in [6.07, 6.45) is 0. The van der Waals surface area contributed by atoms with Gasteiger partial charge in [0.15, 0.2) is 0 Å². The van der Waals surface area contributed by atoms with Gasteiger partial charge in [0.2, 0.25) is 5.91 Å². The predicted molar refractivity (Wildman–Crippen MR) is 74.1 cm³/mol. The summed E-state index contributed by atoms with van der Waals surface area (Å²) in [6, 6.07) is 0.493. The smallest absolute Gasteiger partial charge is 0.228 e. The van der Waals surface area contributed by atoms with Crippen LogP contribution < -0.4 is 0 Å². The maximum absolute atomic E-state index is 12.3. The monoisotopic (exact) mass is 242 g/mol. The summed E-state index contributed by atoms with van der Waals surface area (Å²) >= 11 is 0. The van der Waals surface area contributed by atoms with Gasteiger partial charge in [0.05, 0.1) is 0 Å². The van der Waals surface area contributed by atoms with Gasteiger partial charge in [-0.2, -0.15) is 0 Å². The van der Waals surface area contributed by atoms with Crippen molar-refractivity contribution in [1.82, 2.24) is 9.80 Å². The van der Waals surface area contributed by atoms with E-state index in [0.29, 0.717) is 6.04 Å². The maximum atomic E-state index is 12.3. The van der Waals surface area contributed by atoms with E-state index in [2.05, 4.69) is 39.6 Å². The summed E-state index contributed by atoms with van der Waals surface area (Å²) < 4.78 is 0. The van der Waals surface area contributed by atoms with Crippen molar-refractivity contribution in [2.45, 2.75) is 60.0 Å². The fraction of sp³-hybridized carbons (Fsp3) is 0.929. The van der Waals surface area contributed by atoms with Crippen LogP contribution in [0, 0.1) is 5.41 Å². The molecule has 0 unspecified atom stereocenters. The minimum atomic E-state index is -0.317. The highest BCUT2D eigenvalue weighted by molar-refractivity contribution is 5.82. The first kappa shape index (κ1) is 16.4. The van der Waals surface area contributed by atoms with E-state index in [-0.39, 0.29) is 16.9 Å². The molecule has 0 heterocycles. The Bertz CT molecular complexity index is 264. The number of carbonyl (C=O) groups is 1. The fourth-order valence-corrected chi connectivity index (χ4v) is 1.68. The highest BCUT2D eigenvalue weighted by Crippen LogP contribution is 2.23. The predicted octanol–water partition coefficient (Wildman–Crippen LogP) is 2.61. The second kappa shape index (κ2) is 5.38. The standard InChI is InChI=1S/C14H30N2O/c1-11(2)15(8)10-14(6,7)16(9)12(17)13(3,4)5/h11H,10H2,1-9H3. The molecule has 0 rings (SSSR count). The van der Waals surface area contributed by atoms with Crippen LogP contribution in [0.15, 0.2) is 0 Å². The van der Waals surface area contributed by atoms with Crippen molar-refractivity contribution < 1.29 is 4.79 Å². The van der Waals surface area contributed by atoms with Crippen molar-refractivity contribution in [1.29, 1.82) is 0 Å². The third-order valence-corrected chi connectivity index (χ3v) is 3.37. The first-order chi connectivity index (χ1) is 7.39. The molecule has 0 aromatic heterocycles. The van der Waals surface area contributed by atoms with Crippen LogP contribution in [0.1, 0.15) is 48.5 Å². The van der Waals surface area contributed by atoms with Gasteiger partial charge < -0.3 is 9.80 Å². The average Bonchev–Trinajstić information content (AvgIpc) is 2.13. The molecular weight excluding hydrogens is 212 g/mol. The van der Waals surface area contributed by atoms with E-state index in [1.807, 2.05) is 32.7 Å². The Morgan fingerprint density at radius 1 is 1.06 bits per heavy atom. The summed E-state index contributed by atoms with van der Waals surface area (Å²) in [5, 5.41) is 0. The average molecular weight is 242 g/mol. The van der Waals surface area contributed by atoms with Crippen molar-refractivity contribution in [2.75, 3.05) is 20.6 Å². The molecule has 0 N–H and O–H groups in total. The molecule has 3 nitrogen and oxygen atoms in total. The van der Waals surface area contributed by atoms with Gasteiger partial charge in [-0.1, -0.05) is 20.8 Å². The number of nitrogens with zero attached hydrogens (tertiary/aromatic N) is 2. The van der Waals surface area contributed by atoms with E-state index < -0.39 is 0 Å². The van der Waals surface area contributed by atoms with Crippen molar-refractivity contribution in [2.24, 2.45) is 5.41 Å². The molecular formula is C14H30N2O. The van der Waals surface area contributed by atoms with Gasteiger partial charge in [-0.25, -0.2) is 0 Å². The Hall–Kier alpha value is -0.570. The Balaban J connectivity index is 4.77. The largest absolute Gasteiger partial charge is 0.339 e. The molecule has 0 spiro atoms. The molecule has 0 bridgehead atoms. The molecule has 0 saturated carbocycles. The molecule has 0 aliphatic heterocycles. The van der Waals surface area contributed by atoms with Crippen LogP contribution in [-0.2, 0) is 4.79 Å². The van der Waals surface area contributed by atoms with Gasteiger partial charge in [0, 0.05) is 30.6 Å². The van der Waals surface area contributed by atoms with E-state index >= 15 is 0 Å². The molecule has 17 heavy (non-hydrogen) atoms. The topological polar surface area (TPSA) is 23.6 Å². The zero-order valence-electron chi connectivity index (χ0n) is 13.1. The van der Waals surface area contributed by atoms with Gasteiger partial charge in [-0.05, 0) is 34.7 Å². The van der Waals surface area contributed by atoms with Crippen LogP contribution in [0.3, 0.4) is 0 Å². The van der Waals surface area contributed by atoms with Crippen molar-refractivity contribution >= 4 is 5.91 Å². The molecule has 0 aliphatic rings. The normalized spacial score (nSPS) is 13.4. The van der Waals surface area contributed by atoms with Crippen molar-refractivity contribution in [3.05, 3.63) is 0 Å². The lowest BCUT2D eigenvalue weighted by atomic mass is 9.91. The Labute approximate surface area is 107 Å². The molecule has 0 radical (unpaired) electrons. The Morgan fingerprint density at radius 2 is 1.47 bits per heavy atom. The summed E-state index contributed by atoms with van der Waals surface area (Å²) in [5.74, 6) is 0.194. The summed E-state index contributed by atoms with van der Waals surface area (Å²) in [6.45, 7) is 15.4. The maximum Gasteiger partial charge on any atom is 0.228 e. The Morgan fingerprint density at radius 3 is 1.76 bits per heavy atom. The van der Waals surface area contributed by atoms with Gasteiger partial charge in [-0.15, -0.1) is 0 Å². The van der Waals surface area contributed by atoms with Gasteiger partial charge in [-0.3, -0.25) is 4.79 Å². The van der Waals surface area contributed by atoms with E-state index in [1.165, 1.54) is 0 Å². The lowest BCUT2D eigenvalue weighted by Crippen LogP contribution is -2.55. The molecule has 102 valence electrons. The fourth-order valence-electron chi connectivity index (χ4n) is 1.68. The minimum Gasteiger partial charge on any atom is -0.339 e. The van der Waals surface area contributed by atoms with Gasteiger partial charge in [0.1, 0.15) is 0 Å². The zero-order valence-corrected chi connectivity index (χ0v) is 13.1. The lowest BCUT2D eigenvalue weighted by molar-refractivity contribution is -0.143. The number of carbonyl (C=O) groups excluding carboxylic acids is 1. The minimum absolute atomic E-state index is 0.149. The summed E-state index contributed by atoms with van der Waals surface area (Å²) in [5.41, 5.74) is -0.466. The summed E-state index contributed by atoms with van der Waals surface area (Å²) in [7, 11) is 4.00. The lowest BCUT2D eigenvalue weighted by Gasteiger charge is -2.42. The zero-order chi connectivity index (χ0) is 14.0. The highest BCUT2D eigenvalue weighted by Gasteiger charge is 2.34. The highest BCUT2D eigenvalue weighted by atomic mass is 16.2. The number of hydrogen-bond donors (Lipinski definition) is 0. The number of rotatable bonds is 4. The quantitative estimate of drug-likeness (QED) is 0.756. The molecule has 1 amide bonds. The molecule has 0 aromatic rings. The van der Waals surface area contributed by atoms with E-state index in [9.17, 15) is 4.79 Å². The van der Waals surface area contributed by atoms with E-state index in [1.54, 1.807) is 0 Å². The SMILES string of the molecule is CC(C)N(C)CC(C)(C)N(C)C(=O)C(C)(C)C. The number of likely N-dealkylation sites (N-methyl/N-ethyl adjacent to an activating group) is 2. The first-order valence-electron chi connectivity index (χ1n) is 6.38. The van der Waals surface area contributed by atoms with Crippen LogP contribution in [0.25, 0.3) is 0 Å². The second-order valence-electron chi connectivity index (χ2n) is 6.94. The molecule has 0 aromatic carbocycles. The van der Waals surface area contributed by atoms with Crippen LogP contribution in [-0.4, -0.2) is 47.9 Å². The van der Waals surface area contributed by atoms with E-state index in [0.717, 1.165) is 6.54 Å². The second-order valence-corrected chi connectivity index (χ2v) is 6.94. The van der Waals surface area contributed by atoms with Crippen LogP contribution >= 0.6 is 0 Å². The van der Waals surface area contributed by atoms with Crippen LogP contribution in [0.2, 0.25) is 0 Å². The number of amides is 1. The van der Waals surface area contributed by atoms with Gasteiger partial charge in [0.25, 0.3) is 0 Å². The molecule has 0 aliphatic carbocycles. The number of hydrogen-bond acceptors (Lipinski definition) is 2. The molecule has 0 atom stereocenters. The van der Waals surface area contributed by atoms with Gasteiger partial charge >= 0.3 is 0 Å². The third-order valence-electron chi connectivity index (χ3n) is 3.37. The van der Waals surface area contributed by atoms with Crippen molar-refractivity contribution in [3.8, 4) is 0 Å². The molecule has 0 saturated heterocycles. The molecule has 3 heteroatoms. The first-order valence-corrected chi connectivity index (χ1v) is 6.38. The Kier molecular flexibility index (Phi) is 5.20. The van der Waals surface area contributed by atoms with E-state index in [4.69, 9.17) is 0 Å². The molecule has 0 fully saturated rings. The third kappa shape index (κ3) is 4.66. The van der Waals surface area contributed by atoms with Crippen molar-refractivity contribution in [3.63, 3.8) is 0 Å². The van der Waals surface area contributed by atoms with Crippen LogP contribution in [0.5, 0.6) is 0 Å². The van der Waals surface area contributed by atoms with Crippen LogP contribution in [0.4, 0.5) is 0 Å². The summed E-state index contributed by atoms with van der Waals surface area (Å²) in [4.78, 5) is 16.4.